The number of fused-ring (bicyclic) bond motifs is 1. The molecule has 166 valence electrons. The highest BCUT2D eigenvalue weighted by Crippen LogP contribution is 2.35. The van der Waals surface area contributed by atoms with Gasteiger partial charge >= 0.3 is 6.03 Å². The Kier molecular flexibility index (Phi) is 7.45. The minimum absolute atomic E-state index is 0.0114. The summed E-state index contributed by atoms with van der Waals surface area (Å²) in [6.07, 6.45) is 13.0. The molecular formula is C24H28N6O2. The summed E-state index contributed by atoms with van der Waals surface area (Å²) < 4.78 is 2.01. The molecule has 3 N–H and O–H groups in total. The zero-order valence-electron chi connectivity index (χ0n) is 18.4. The van der Waals surface area contributed by atoms with Crippen LogP contribution < -0.4 is 11.1 Å². The average Bonchev–Trinajstić information content (AvgIpc) is 2.94. The van der Waals surface area contributed by atoms with Gasteiger partial charge in [-0.2, -0.15) is 5.26 Å². The van der Waals surface area contributed by atoms with E-state index in [1.807, 2.05) is 30.6 Å². The molecule has 0 fully saturated rings. The molecule has 0 aromatic carbocycles. The lowest BCUT2D eigenvalue weighted by Crippen LogP contribution is -2.41. The number of rotatable bonds is 3. The second-order valence-corrected chi connectivity index (χ2v) is 7.30. The lowest BCUT2D eigenvalue weighted by Gasteiger charge is -2.31. The van der Waals surface area contributed by atoms with E-state index >= 15 is 0 Å². The van der Waals surface area contributed by atoms with Crippen molar-refractivity contribution in [2.24, 2.45) is 5.73 Å². The first-order valence-corrected chi connectivity index (χ1v) is 10.8. The van der Waals surface area contributed by atoms with E-state index in [1.54, 1.807) is 29.4 Å². The van der Waals surface area contributed by atoms with Crippen LogP contribution in [0.4, 0.5) is 10.5 Å². The highest BCUT2D eigenvalue weighted by Gasteiger charge is 2.33. The molecule has 2 aromatic heterocycles. The number of nitrogens with zero attached hydrogens (tertiary/aromatic N) is 4. The van der Waals surface area contributed by atoms with Gasteiger partial charge in [0.25, 0.3) is 5.91 Å². The first kappa shape index (κ1) is 22.8. The molecule has 3 heterocycles. The molecule has 2 aliphatic rings. The fourth-order valence-corrected chi connectivity index (χ4v) is 4.14. The molecule has 0 bridgehead atoms. The van der Waals surface area contributed by atoms with Gasteiger partial charge in [0.05, 0.1) is 35.2 Å². The van der Waals surface area contributed by atoms with Crippen LogP contribution in [0.15, 0.2) is 48.8 Å². The fraction of sp³-hybridized carbons (Fsp3) is 0.333. The SMILES string of the molecule is CC.N#Cc1c(C(N)=O)c2n(c1C1C=CC=CCC1)CCN(C(=O)Nc1cccnc1)C2. The van der Waals surface area contributed by atoms with Crippen molar-refractivity contribution in [3.05, 3.63) is 71.3 Å². The third-order valence-corrected chi connectivity index (χ3v) is 5.49. The van der Waals surface area contributed by atoms with Gasteiger partial charge in [-0.15, -0.1) is 0 Å². The monoisotopic (exact) mass is 432 g/mol. The minimum atomic E-state index is -0.646. The van der Waals surface area contributed by atoms with E-state index in [-0.39, 0.29) is 24.1 Å². The fourth-order valence-electron chi connectivity index (χ4n) is 4.14. The van der Waals surface area contributed by atoms with E-state index in [2.05, 4.69) is 28.5 Å². The summed E-state index contributed by atoms with van der Waals surface area (Å²) in [7, 11) is 0. The molecule has 32 heavy (non-hydrogen) atoms. The van der Waals surface area contributed by atoms with Crippen LogP contribution in [0.1, 0.15) is 59.9 Å². The van der Waals surface area contributed by atoms with Crippen LogP contribution in [0.25, 0.3) is 0 Å². The van der Waals surface area contributed by atoms with Gasteiger partial charge in [0.15, 0.2) is 0 Å². The third-order valence-electron chi connectivity index (χ3n) is 5.49. The zero-order valence-corrected chi connectivity index (χ0v) is 18.4. The Morgan fingerprint density at radius 2 is 2.09 bits per heavy atom. The van der Waals surface area contributed by atoms with Crippen LogP contribution in [0.3, 0.4) is 0 Å². The van der Waals surface area contributed by atoms with Gasteiger partial charge in [-0.1, -0.05) is 38.2 Å². The number of aromatic nitrogens is 2. The van der Waals surface area contributed by atoms with Crippen molar-refractivity contribution in [2.45, 2.75) is 45.7 Å². The summed E-state index contributed by atoms with van der Waals surface area (Å²) in [5.74, 6) is -0.635. The molecule has 0 saturated heterocycles. The third kappa shape index (κ3) is 4.57. The predicted octanol–water partition coefficient (Wildman–Crippen LogP) is 3.92. The molecule has 1 aliphatic carbocycles. The number of carbonyl (C=O) groups excluding carboxylic acids is 2. The number of primary amides is 1. The normalized spacial score (nSPS) is 16.8. The molecule has 0 saturated carbocycles. The van der Waals surface area contributed by atoms with E-state index in [0.29, 0.717) is 30.0 Å². The number of nitrogens with two attached hydrogens (primary N) is 1. The molecule has 4 rings (SSSR count). The first-order chi connectivity index (χ1) is 15.6. The van der Waals surface area contributed by atoms with Gasteiger partial charge in [-0.25, -0.2) is 4.79 Å². The van der Waals surface area contributed by atoms with Crippen molar-refractivity contribution in [3.8, 4) is 6.07 Å². The second kappa shape index (κ2) is 10.4. The van der Waals surface area contributed by atoms with Crippen LogP contribution in [0, 0.1) is 11.3 Å². The van der Waals surface area contributed by atoms with Gasteiger partial charge in [0.2, 0.25) is 0 Å². The summed E-state index contributed by atoms with van der Waals surface area (Å²) in [6, 6.07) is 5.41. The van der Waals surface area contributed by atoms with Gasteiger partial charge in [0.1, 0.15) is 6.07 Å². The number of anilines is 1. The quantitative estimate of drug-likeness (QED) is 0.764. The molecule has 0 radical (unpaired) electrons. The van der Waals surface area contributed by atoms with Crippen LogP contribution in [0.2, 0.25) is 0 Å². The molecule has 1 atom stereocenters. The summed E-state index contributed by atoms with van der Waals surface area (Å²) in [5, 5.41) is 12.7. The smallest absolute Gasteiger partial charge is 0.322 e. The van der Waals surface area contributed by atoms with E-state index in [0.717, 1.165) is 18.5 Å². The van der Waals surface area contributed by atoms with E-state index in [1.165, 1.54) is 0 Å². The van der Waals surface area contributed by atoms with Crippen molar-refractivity contribution < 1.29 is 9.59 Å². The Bertz CT molecular complexity index is 1080. The van der Waals surface area contributed by atoms with Crippen molar-refractivity contribution in [2.75, 3.05) is 11.9 Å². The molecule has 3 amide bonds. The maximum atomic E-state index is 12.7. The van der Waals surface area contributed by atoms with E-state index in [9.17, 15) is 14.9 Å². The number of urea groups is 1. The molecule has 1 aliphatic heterocycles. The predicted molar refractivity (Wildman–Crippen MR) is 123 cm³/mol. The standard InChI is InChI=1S/C22H22N6O2.C2H6/c23-12-17-19(21(24)29)18-14-27(22(30)26-16-8-5-9-25-13-16)10-11-28(18)20(17)15-6-3-1-2-4-7-15;1-2/h1-3,5-6,8-9,13,15H,4,7,10-11,14H2,(H2,24,29)(H,26,30);1-2H3. The Labute approximate surface area is 188 Å². The van der Waals surface area contributed by atoms with Crippen LogP contribution in [-0.2, 0) is 13.1 Å². The summed E-state index contributed by atoms with van der Waals surface area (Å²) in [5.41, 5.74) is 8.24. The minimum Gasteiger partial charge on any atom is -0.366 e. The second-order valence-electron chi connectivity index (χ2n) is 7.30. The number of nitrogens with one attached hydrogen (secondary N) is 1. The van der Waals surface area contributed by atoms with Gasteiger partial charge in [0, 0.05) is 30.9 Å². The first-order valence-electron chi connectivity index (χ1n) is 10.8. The van der Waals surface area contributed by atoms with Crippen LogP contribution >= 0.6 is 0 Å². The topological polar surface area (TPSA) is 117 Å². The van der Waals surface area contributed by atoms with Gasteiger partial charge in [-0.05, 0) is 25.0 Å². The van der Waals surface area contributed by atoms with E-state index < -0.39 is 5.91 Å². The summed E-state index contributed by atoms with van der Waals surface area (Å²) in [6.45, 7) is 5.15. The number of amides is 3. The summed E-state index contributed by atoms with van der Waals surface area (Å²) in [4.78, 5) is 30.6. The van der Waals surface area contributed by atoms with E-state index in [4.69, 9.17) is 5.73 Å². The Balaban J connectivity index is 0.00000141. The molecule has 8 heteroatoms. The number of hydrogen-bond donors (Lipinski definition) is 2. The van der Waals surface area contributed by atoms with Gasteiger partial charge in [-0.3, -0.25) is 9.78 Å². The molecule has 1 unspecified atom stereocenters. The number of hydrogen-bond acceptors (Lipinski definition) is 4. The number of carbonyl (C=O) groups is 2. The molecule has 0 spiro atoms. The number of allylic oxidation sites excluding steroid dienone is 4. The maximum absolute atomic E-state index is 12.7. The molecular weight excluding hydrogens is 404 g/mol. The lowest BCUT2D eigenvalue weighted by atomic mass is 9.95. The lowest BCUT2D eigenvalue weighted by molar-refractivity contribution is 0.0997. The summed E-state index contributed by atoms with van der Waals surface area (Å²) >= 11 is 0. The van der Waals surface area contributed by atoms with Crippen molar-refractivity contribution >= 4 is 17.6 Å². The largest absolute Gasteiger partial charge is 0.366 e. The zero-order chi connectivity index (χ0) is 23.1. The van der Waals surface area contributed by atoms with Gasteiger partial charge < -0.3 is 20.5 Å². The Morgan fingerprint density at radius 3 is 2.78 bits per heavy atom. The van der Waals surface area contributed by atoms with Crippen molar-refractivity contribution in [3.63, 3.8) is 0 Å². The Hall–Kier alpha value is -3.86. The average molecular weight is 433 g/mol. The van der Waals surface area contributed by atoms with Crippen molar-refractivity contribution in [1.29, 1.82) is 5.26 Å². The molecule has 2 aromatic rings. The van der Waals surface area contributed by atoms with Crippen LogP contribution in [-0.4, -0.2) is 32.9 Å². The molecule has 8 nitrogen and oxygen atoms in total. The van der Waals surface area contributed by atoms with Crippen LogP contribution in [0.5, 0.6) is 0 Å². The highest BCUT2D eigenvalue weighted by atomic mass is 16.2. The van der Waals surface area contributed by atoms with Crippen molar-refractivity contribution in [1.82, 2.24) is 14.5 Å². The highest BCUT2D eigenvalue weighted by molar-refractivity contribution is 5.98. The maximum Gasteiger partial charge on any atom is 0.322 e. The number of pyridine rings is 1. The number of nitriles is 1. The Morgan fingerprint density at radius 1 is 1.28 bits per heavy atom.